The number of hydrogen-bond acceptors (Lipinski definition) is 3. The molecule has 2 aromatic rings. The van der Waals surface area contributed by atoms with E-state index in [0.29, 0.717) is 0 Å². The smallest absolute Gasteiger partial charge is 0.231 e. The van der Waals surface area contributed by atoms with Crippen molar-refractivity contribution in [2.24, 2.45) is 5.73 Å². The minimum atomic E-state index is -0.305. The van der Waals surface area contributed by atoms with E-state index >= 15 is 0 Å². The van der Waals surface area contributed by atoms with Gasteiger partial charge in [-0.05, 0) is 31.9 Å². The Morgan fingerprint density at radius 3 is 2.95 bits per heavy atom. The second-order valence-electron chi connectivity index (χ2n) is 6.36. The topological polar surface area (TPSA) is 68.3 Å². The van der Waals surface area contributed by atoms with Crippen molar-refractivity contribution < 1.29 is 4.79 Å². The monoisotopic (exact) mass is 297 g/mol. The Balaban J connectivity index is 1.96. The summed E-state index contributed by atoms with van der Waals surface area (Å²) in [7, 11) is 0. The normalized spacial score (nSPS) is 20.3. The number of rotatable bonds is 2. The third-order valence-electron chi connectivity index (χ3n) is 4.96. The number of aromatic nitrogens is 1. The molecule has 0 radical (unpaired) electrons. The van der Waals surface area contributed by atoms with Crippen molar-refractivity contribution in [2.45, 2.75) is 32.4 Å². The van der Waals surface area contributed by atoms with Crippen LogP contribution in [0, 0.1) is 6.92 Å². The number of nitrogens with two attached hydrogens (primary N) is 1. The van der Waals surface area contributed by atoms with Crippen LogP contribution < -0.4 is 11.2 Å². The van der Waals surface area contributed by atoms with Gasteiger partial charge < -0.3 is 10.3 Å². The summed E-state index contributed by atoms with van der Waals surface area (Å²) < 4.78 is 2.28. The molecule has 1 aliphatic heterocycles. The molecule has 1 amide bonds. The van der Waals surface area contributed by atoms with Crippen LogP contribution in [0.2, 0.25) is 0 Å². The molecule has 114 valence electrons. The van der Waals surface area contributed by atoms with E-state index in [2.05, 4.69) is 15.5 Å². The van der Waals surface area contributed by atoms with Gasteiger partial charge in [-0.15, -0.1) is 0 Å². The fraction of sp³-hybridized carbons (Fsp3) is 0.412. The summed E-state index contributed by atoms with van der Waals surface area (Å²) in [4.78, 5) is 26.2. The molecule has 0 spiro atoms. The molecule has 0 saturated heterocycles. The summed E-state index contributed by atoms with van der Waals surface area (Å²) in [6, 6.07) is 6.24. The van der Waals surface area contributed by atoms with Crippen molar-refractivity contribution in [3.63, 3.8) is 0 Å². The fourth-order valence-corrected chi connectivity index (χ4v) is 4.05. The SMILES string of the molecule is Cc1ccc2c(c1)c(=O)c1c3n2CCN(CC(N)=O)C3CC1. The van der Waals surface area contributed by atoms with Crippen LogP contribution in [0.25, 0.3) is 10.9 Å². The van der Waals surface area contributed by atoms with Crippen LogP contribution in [0.3, 0.4) is 0 Å². The molecule has 0 saturated carbocycles. The van der Waals surface area contributed by atoms with E-state index in [4.69, 9.17) is 5.73 Å². The predicted molar refractivity (Wildman–Crippen MR) is 84.8 cm³/mol. The molecule has 1 unspecified atom stereocenters. The summed E-state index contributed by atoms with van der Waals surface area (Å²) in [5, 5.41) is 0.822. The average Bonchev–Trinajstić information content (AvgIpc) is 2.92. The number of aryl methyl sites for hydroxylation is 1. The summed E-state index contributed by atoms with van der Waals surface area (Å²) >= 11 is 0. The van der Waals surface area contributed by atoms with E-state index in [-0.39, 0.29) is 23.9 Å². The van der Waals surface area contributed by atoms with Crippen molar-refractivity contribution >= 4 is 16.8 Å². The number of fused-ring (bicyclic) bond motifs is 2. The summed E-state index contributed by atoms with van der Waals surface area (Å²) in [5.41, 5.74) is 9.68. The molecule has 0 bridgehead atoms. The number of benzene rings is 1. The van der Waals surface area contributed by atoms with Gasteiger partial charge in [0.1, 0.15) is 0 Å². The number of carbonyl (C=O) groups is 1. The summed E-state index contributed by atoms with van der Waals surface area (Å²) in [5.74, 6) is -0.305. The van der Waals surface area contributed by atoms with Crippen molar-refractivity contribution in [1.29, 1.82) is 0 Å². The maximum Gasteiger partial charge on any atom is 0.231 e. The molecule has 5 heteroatoms. The first kappa shape index (κ1) is 13.5. The number of amides is 1. The van der Waals surface area contributed by atoms with Crippen molar-refractivity contribution in [2.75, 3.05) is 13.1 Å². The highest BCUT2D eigenvalue weighted by Gasteiger charge is 2.36. The van der Waals surface area contributed by atoms with Gasteiger partial charge in [-0.1, -0.05) is 11.6 Å². The van der Waals surface area contributed by atoms with Crippen LogP contribution >= 0.6 is 0 Å². The molecule has 1 aromatic carbocycles. The quantitative estimate of drug-likeness (QED) is 0.902. The molecule has 1 atom stereocenters. The average molecular weight is 297 g/mol. The Hall–Kier alpha value is -2.14. The van der Waals surface area contributed by atoms with Gasteiger partial charge in [0.2, 0.25) is 5.91 Å². The Kier molecular flexibility index (Phi) is 2.87. The van der Waals surface area contributed by atoms with Crippen LogP contribution in [-0.4, -0.2) is 28.5 Å². The van der Waals surface area contributed by atoms with Gasteiger partial charge in [0.15, 0.2) is 5.43 Å². The molecule has 2 N–H and O–H groups in total. The van der Waals surface area contributed by atoms with Gasteiger partial charge in [0.05, 0.1) is 18.1 Å². The first-order valence-corrected chi connectivity index (χ1v) is 7.74. The van der Waals surface area contributed by atoms with E-state index in [1.165, 1.54) is 0 Å². The summed E-state index contributed by atoms with van der Waals surface area (Å²) in [6.07, 6.45) is 1.69. The van der Waals surface area contributed by atoms with Crippen molar-refractivity contribution in [3.8, 4) is 0 Å². The molecule has 1 aliphatic carbocycles. The zero-order valence-corrected chi connectivity index (χ0v) is 12.6. The van der Waals surface area contributed by atoms with Crippen LogP contribution in [-0.2, 0) is 17.8 Å². The lowest BCUT2D eigenvalue weighted by atomic mass is 10.0. The van der Waals surface area contributed by atoms with Crippen molar-refractivity contribution in [3.05, 3.63) is 45.2 Å². The van der Waals surface area contributed by atoms with E-state index in [9.17, 15) is 9.59 Å². The maximum atomic E-state index is 12.8. The van der Waals surface area contributed by atoms with E-state index in [0.717, 1.165) is 53.7 Å². The van der Waals surface area contributed by atoms with Crippen LogP contribution in [0.1, 0.15) is 29.3 Å². The third-order valence-corrected chi connectivity index (χ3v) is 4.96. The highest BCUT2D eigenvalue weighted by Crippen LogP contribution is 2.38. The van der Waals surface area contributed by atoms with Gasteiger partial charge in [0, 0.05) is 29.7 Å². The largest absolute Gasteiger partial charge is 0.369 e. The zero-order chi connectivity index (χ0) is 15.4. The van der Waals surface area contributed by atoms with E-state index in [1.807, 2.05) is 19.1 Å². The number of carbonyl (C=O) groups excluding carboxylic acids is 1. The highest BCUT2D eigenvalue weighted by molar-refractivity contribution is 5.81. The predicted octanol–water partition coefficient (Wildman–Crippen LogP) is 1.10. The van der Waals surface area contributed by atoms with Crippen molar-refractivity contribution in [1.82, 2.24) is 9.47 Å². The van der Waals surface area contributed by atoms with Gasteiger partial charge in [0.25, 0.3) is 0 Å². The third kappa shape index (κ3) is 1.82. The van der Waals surface area contributed by atoms with Gasteiger partial charge in [-0.25, -0.2) is 0 Å². The van der Waals surface area contributed by atoms with Crippen LogP contribution in [0.15, 0.2) is 23.0 Å². The second-order valence-corrected chi connectivity index (χ2v) is 6.36. The van der Waals surface area contributed by atoms with E-state index < -0.39 is 0 Å². The lowest BCUT2D eigenvalue weighted by Gasteiger charge is -2.36. The summed E-state index contributed by atoms with van der Waals surface area (Å²) in [6.45, 7) is 3.88. The highest BCUT2D eigenvalue weighted by atomic mass is 16.1. The minimum absolute atomic E-state index is 0.148. The van der Waals surface area contributed by atoms with Gasteiger partial charge in [-0.2, -0.15) is 0 Å². The zero-order valence-electron chi connectivity index (χ0n) is 12.6. The number of nitrogens with zero attached hydrogens (tertiary/aromatic N) is 2. The van der Waals surface area contributed by atoms with Gasteiger partial charge >= 0.3 is 0 Å². The molecule has 5 nitrogen and oxygen atoms in total. The van der Waals surface area contributed by atoms with E-state index in [1.54, 1.807) is 0 Å². The molecule has 1 aromatic heterocycles. The van der Waals surface area contributed by atoms with Crippen LogP contribution in [0.5, 0.6) is 0 Å². The lowest BCUT2D eigenvalue weighted by Crippen LogP contribution is -2.42. The fourth-order valence-electron chi connectivity index (χ4n) is 4.05. The molecular formula is C17H19N3O2. The standard InChI is InChI=1S/C17H19N3O2/c1-10-2-4-13-12(8-10)17(22)11-3-5-14-16(11)20(13)7-6-19(14)9-15(18)21/h2,4,8,14H,3,5-7,9H2,1H3,(H2,18,21). The number of pyridine rings is 1. The molecular weight excluding hydrogens is 278 g/mol. The van der Waals surface area contributed by atoms with Crippen LogP contribution in [0.4, 0.5) is 0 Å². The first-order chi connectivity index (χ1) is 10.6. The minimum Gasteiger partial charge on any atom is -0.369 e. The first-order valence-electron chi connectivity index (χ1n) is 7.74. The molecule has 0 fully saturated rings. The number of primary amides is 1. The Bertz CT molecular complexity index is 853. The molecule has 2 aliphatic rings. The Labute approximate surface area is 128 Å². The molecule has 22 heavy (non-hydrogen) atoms. The number of hydrogen-bond donors (Lipinski definition) is 1. The molecule has 2 heterocycles. The lowest BCUT2D eigenvalue weighted by molar-refractivity contribution is -0.120. The van der Waals surface area contributed by atoms with Gasteiger partial charge in [-0.3, -0.25) is 14.5 Å². The maximum absolute atomic E-state index is 12.8. The Morgan fingerprint density at radius 1 is 1.36 bits per heavy atom. The second kappa shape index (κ2) is 4.68. The molecule has 4 rings (SSSR count). The Morgan fingerprint density at radius 2 is 2.18 bits per heavy atom.